The van der Waals surface area contributed by atoms with Gasteiger partial charge in [-0.05, 0) is 127 Å². The third kappa shape index (κ3) is 5.71. The van der Waals surface area contributed by atoms with Crippen molar-refractivity contribution >= 4 is 39.6 Å². The van der Waals surface area contributed by atoms with Crippen molar-refractivity contribution < 1.29 is 0 Å². The minimum Gasteiger partial charge on any atom is -0.310 e. The Balaban J connectivity index is 1.05. The fraction of sp³-hybridized carbons (Fsp3) is 0.0169. The van der Waals surface area contributed by atoms with Crippen molar-refractivity contribution in [2.45, 2.75) is 15.2 Å². The molecule has 61 heavy (non-hydrogen) atoms. The van der Waals surface area contributed by atoms with Gasteiger partial charge in [0.05, 0.1) is 5.41 Å². The maximum absolute atomic E-state index is 2.46. The lowest BCUT2D eigenvalue weighted by molar-refractivity contribution is 0.768. The van der Waals surface area contributed by atoms with Gasteiger partial charge in [-0.2, -0.15) is 0 Å². The Kier molecular flexibility index (Phi) is 8.40. The first kappa shape index (κ1) is 35.5. The molecule has 1 heterocycles. The van der Waals surface area contributed by atoms with E-state index in [1.54, 1.807) is 0 Å². The molecule has 0 unspecified atom stereocenters. The van der Waals surface area contributed by atoms with E-state index in [4.69, 9.17) is 0 Å². The zero-order chi connectivity index (χ0) is 40.3. The highest BCUT2D eigenvalue weighted by atomic mass is 32.2. The molecular weight excluding hydrogens is 755 g/mol. The van der Waals surface area contributed by atoms with Crippen LogP contribution in [-0.2, 0) is 5.41 Å². The van der Waals surface area contributed by atoms with Gasteiger partial charge in [0.15, 0.2) is 0 Å². The molecule has 0 fully saturated rings. The smallest absolute Gasteiger partial charge is 0.0714 e. The summed E-state index contributed by atoms with van der Waals surface area (Å²) < 4.78 is 0. The van der Waals surface area contributed by atoms with Gasteiger partial charge >= 0.3 is 0 Å². The quantitative estimate of drug-likeness (QED) is 0.158. The summed E-state index contributed by atoms with van der Waals surface area (Å²) in [5.74, 6) is 0. The summed E-state index contributed by atoms with van der Waals surface area (Å²) in [6.07, 6.45) is 0. The largest absolute Gasteiger partial charge is 0.310 e. The molecule has 10 aromatic carbocycles. The molecule has 0 spiro atoms. The second kappa shape index (κ2) is 14.4. The molecule has 1 aliphatic carbocycles. The maximum Gasteiger partial charge on any atom is 0.0714 e. The minimum atomic E-state index is -0.502. The number of hydrogen-bond donors (Lipinski definition) is 0. The second-order valence-corrected chi connectivity index (χ2v) is 17.1. The molecule has 0 aromatic heterocycles. The van der Waals surface area contributed by atoms with Gasteiger partial charge in [-0.25, -0.2) is 0 Å². The molecule has 286 valence electrons. The first-order valence-electron chi connectivity index (χ1n) is 21.0. The van der Waals surface area contributed by atoms with E-state index in [1.807, 2.05) is 11.8 Å². The van der Waals surface area contributed by atoms with Gasteiger partial charge in [0.1, 0.15) is 0 Å². The Bertz CT molecular complexity index is 3220. The molecular formula is C59H39NS. The Hall–Kier alpha value is -7.39. The molecule has 0 amide bonds. The fourth-order valence-corrected chi connectivity index (χ4v) is 11.1. The summed E-state index contributed by atoms with van der Waals surface area (Å²) in [7, 11) is 0. The van der Waals surface area contributed by atoms with Crippen molar-refractivity contribution in [1.82, 2.24) is 0 Å². The van der Waals surface area contributed by atoms with Crippen molar-refractivity contribution in [3.63, 3.8) is 0 Å². The Morgan fingerprint density at radius 3 is 1.64 bits per heavy atom. The van der Waals surface area contributed by atoms with Gasteiger partial charge in [-0.1, -0.05) is 194 Å². The van der Waals surface area contributed by atoms with Crippen LogP contribution in [0.15, 0.2) is 246 Å². The van der Waals surface area contributed by atoms with Gasteiger partial charge in [-0.15, -0.1) is 0 Å². The van der Waals surface area contributed by atoms with E-state index >= 15 is 0 Å². The number of anilines is 3. The monoisotopic (exact) mass is 793 g/mol. The molecule has 0 saturated heterocycles. The van der Waals surface area contributed by atoms with Gasteiger partial charge < -0.3 is 4.90 Å². The molecule has 0 N–H and O–H groups in total. The van der Waals surface area contributed by atoms with Crippen LogP contribution in [0.5, 0.6) is 0 Å². The highest BCUT2D eigenvalue weighted by Gasteiger charge is 2.46. The molecule has 1 aliphatic heterocycles. The van der Waals surface area contributed by atoms with Crippen LogP contribution in [0.25, 0.3) is 55.3 Å². The van der Waals surface area contributed by atoms with Gasteiger partial charge in [0.25, 0.3) is 0 Å². The summed E-state index contributed by atoms with van der Waals surface area (Å²) in [4.78, 5) is 5.06. The van der Waals surface area contributed by atoms with Crippen molar-refractivity contribution in [3.8, 4) is 44.5 Å². The van der Waals surface area contributed by atoms with Crippen molar-refractivity contribution in [3.05, 3.63) is 259 Å². The zero-order valence-corrected chi connectivity index (χ0v) is 34.2. The molecule has 0 saturated carbocycles. The van der Waals surface area contributed by atoms with Gasteiger partial charge in [-0.3, -0.25) is 0 Å². The van der Waals surface area contributed by atoms with E-state index in [0.29, 0.717) is 0 Å². The van der Waals surface area contributed by atoms with Gasteiger partial charge in [0, 0.05) is 32.2 Å². The van der Waals surface area contributed by atoms with Crippen LogP contribution in [0.3, 0.4) is 0 Å². The normalized spacial score (nSPS) is 13.0. The first-order chi connectivity index (χ1) is 30.2. The van der Waals surface area contributed by atoms with E-state index in [0.717, 1.165) is 17.1 Å². The van der Waals surface area contributed by atoms with Crippen LogP contribution in [0.1, 0.15) is 22.3 Å². The minimum absolute atomic E-state index is 0.502. The number of nitrogens with zero attached hydrogens (tertiary/aromatic N) is 1. The zero-order valence-electron chi connectivity index (χ0n) is 33.4. The SMILES string of the molecule is c1ccc(-c2ccc(N(c3cccc(-c4ccc5c(c4)-c4cccc6cccc(c46)S5)c3)c3ccc4c(c3)C(c3ccccc3)(c3ccccc3)c3ccccc3-4)cc2)cc1. The number of fused-ring (bicyclic) bond motifs is 5. The standard InChI is InChI=1S/C59H39NS/c1-4-15-40(16-5-1)41-29-32-47(33-30-41)60(48-24-12-19-43(37-48)44-31-36-56-53(38-44)52-26-13-17-42-18-14-28-57(61-56)58(42)52)49-34-35-51-50-25-10-11-27-54(50)59(55(51)39-49,45-20-6-2-7-21-45)46-22-8-3-9-23-46/h1-39H. The Morgan fingerprint density at radius 2 is 0.869 bits per heavy atom. The summed E-state index contributed by atoms with van der Waals surface area (Å²) >= 11 is 1.87. The molecule has 0 radical (unpaired) electrons. The molecule has 0 atom stereocenters. The third-order valence-electron chi connectivity index (χ3n) is 12.7. The van der Waals surface area contributed by atoms with Crippen molar-refractivity contribution in [2.75, 3.05) is 4.90 Å². The molecule has 0 bridgehead atoms. The lowest BCUT2D eigenvalue weighted by Gasteiger charge is -2.35. The van der Waals surface area contributed by atoms with E-state index in [1.165, 1.54) is 87.3 Å². The predicted molar refractivity (Wildman–Crippen MR) is 256 cm³/mol. The topological polar surface area (TPSA) is 3.24 Å². The van der Waals surface area contributed by atoms with E-state index in [9.17, 15) is 0 Å². The Labute approximate surface area is 361 Å². The molecule has 1 nitrogen and oxygen atoms in total. The average molecular weight is 794 g/mol. The molecule has 2 heteroatoms. The van der Waals surface area contributed by atoms with E-state index in [2.05, 4.69) is 241 Å². The first-order valence-corrected chi connectivity index (χ1v) is 21.8. The van der Waals surface area contributed by atoms with Crippen LogP contribution < -0.4 is 4.90 Å². The average Bonchev–Trinajstić information content (AvgIpc) is 3.63. The summed E-state index contributed by atoms with van der Waals surface area (Å²) in [5.41, 5.74) is 17.8. The van der Waals surface area contributed by atoms with Crippen LogP contribution >= 0.6 is 11.8 Å². The number of rotatable bonds is 7. The van der Waals surface area contributed by atoms with Crippen LogP contribution in [0.4, 0.5) is 17.1 Å². The van der Waals surface area contributed by atoms with Crippen molar-refractivity contribution in [2.24, 2.45) is 0 Å². The third-order valence-corrected chi connectivity index (χ3v) is 13.9. The predicted octanol–water partition coefficient (Wildman–Crippen LogP) is 16.1. The van der Waals surface area contributed by atoms with Crippen LogP contribution in [-0.4, -0.2) is 0 Å². The maximum atomic E-state index is 2.46. The van der Waals surface area contributed by atoms with E-state index in [-0.39, 0.29) is 0 Å². The highest BCUT2D eigenvalue weighted by Crippen LogP contribution is 2.57. The molecule has 12 rings (SSSR count). The fourth-order valence-electron chi connectivity index (χ4n) is 10.0. The van der Waals surface area contributed by atoms with Crippen LogP contribution in [0, 0.1) is 0 Å². The molecule has 2 aliphatic rings. The summed E-state index contributed by atoms with van der Waals surface area (Å²) in [6, 6.07) is 87.3. The highest BCUT2D eigenvalue weighted by molar-refractivity contribution is 7.99. The second-order valence-electron chi connectivity index (χ2n) is 16.0. The lowest BCUT2D eigenvalue weighted by Crippen LogP contribution is -2.28. The Morgan fingerprint density at radius 1 is 0.311 bits per heavy atom. The van der Waals surface area contributed by atoms with E-state index < -0.39 is 5.41 Å². The van der Waals surface area contributed by atoms with Crippen molar-refractivity contribution in [1.29, 1.82) is 0 Å². The number of hydrogen-bond acceptors (Lipinski definition) is 2. The molecule has 10 aromatic rings. The number of benzene rings is 10. The summed E-state index contributed by atoms with van der Waals surface area (Å²) in [5, 5.41) is 2.63. The lowest BCUT2D eigenvalue weighted by atomic mass is 9.67. The van der Waals surface area contributed by atoms with Gasteiger partial charge in [0.2, 0.25) is 0 Å². The summed E-state index contributed by atoms with van der Waals surface area (Å²) in [6.45, 7) is 0. The van der Waals surface area contributed by atoms with Crippen LogP contribution in [0.2, 0.25) is 0 Å².